The van der Waals surface area contributed by atoms with Gasteiger partial charge < -0.3 is 15.4 Å². The molecule has 2 N–H and O–H groups in total. The highest BCUT2D eigenvalue weighted by molar-refractivity contribution is 5.37. The summed E-state index contributed by atoms with van der Waals surface area (Å²) in [5.41, 5.74) is 0.00977. The van der Waals surface area contributed by atoms with Gasteiger partial charge in [0.05, 0.1) is 6.61 Å². The van der Waals surface area contributed by atoms with E-state index in [1.807, 2.05) is 6.92 Å². The van der Waals surface area contributed by atoms with Crippen molar-refractivity contribution in [2.75, 3.05) is 24.3 Å². The Labute approximate surface area is 108 Å². The maximum absolute atomic E-state index is 5.34. The molecule has 2 rings (SSSR count). The van der Waals surface area contributed by atoms with Gasteiger partial charge in [0, 0.05) is 12.6 Å². The Balaban J connectivity index is 2.17. The van der Waals surface area contributed by atoms with E-state index >= 15 is 0 Å². The van der Waals surface area contributed by atoms with Gasteiger partial charge in [-0.15, -0.1) is 0 Å². The minimum Gasteiger partial charge on any atom is -0.464 e. The van der Waals surface area contributed by atoms with Crippen LogP contribution in [0.25, 0.3) is 0 Å². The zero-order valence-electron chi connectivity index (χ0n) is 11.4. The fourth-order valence-electron chi connectivity index (χ4n) is 1.91. The second-order valence-electron chi connectivity index (χ2n) is 5.07. The molecule has 6 heteroatoms. The lowest BCUT2D eigenvalue weighted by Crippen LogP contribution is -2.34. The number of anilines is 2. The number of ether oxygens (including phenoxy) is 1. The smallest absolute Gasteiger partial charge is 0.323 e. The maximum Gasteiger partial charge on any atom is 0.323 e. The molecule has 0 saturated heterocycles. The predicted octanol–water partition coefficient (Wildman–Crippen LogP) is 1.91. The van der Waals surface area contributed by atoms with Gasteiger partial charge in [-0.2, -0.15) is 15.0 Å². The molecule has 100 valence electrons. The first-order valence-electron chi connectivity index (χ1n) is 6.40. The average Bonchev–Trinajstić information content (AvgIpc) is 3.12. The SMILES string of the molecule is CCOc1nc(NC)nc(NC(C)(C)C2CC2)n1. The van der Waals surface area contributed by atoms with Crippen molar-refractivity contribution in [2.24, 2.45) is 5.92 Å². The van der Waals surface area contributed by atoms with Crippen LogP contribution in [0.3, 0.4) is 0 Å². The molecule has 0 aliphatic heterocycles. The first-order chi connectivity index (χ1) is 8.55. The molecule has 1 aromatic rings. The van der Waals surface area contributed by atoms with Crippen LogP contribution in [-0.4, -0.2) is 34.1 Å². The Hall–Kier alpha value is -1.59. The highest BCUT2D eigenvalue weighted by atomic mass is 16.5. The molecule has 1 aliphatic carbocycles. The van der Waals surface area contributed by atoms with Crippen molar-refractivity contribution in [1.82, 2.24) is 15.0 Å². The molecule has 1 fully saturated rings. The van der Waals surface area contributed by atoms with Crippen LogP contribution >= 0.6 is 0 Å². The van der Waals surface area contributed by atoms with Crippen LogP contribution in [-0.2, 0) is 0 Å². The monoisotopic (exact) mass is 251 g/mol. The standard InChI is InChI=1S/C12H21N5O/c1-5-18-11-15-9(13-4)14-10(16-11)17-12(2,3)8-6-7-8/h8H,5-7H2,1-4H3,(H2,13,14,15,16,17). The molecule has 6 nitrogen and oxygen atoms in total. The van der Waals surface area contributed by atoms with E-state index in [4.69, 9.17) is 4.74 Å². The van der Waals surface area contributed by atoms with Crippen LogP contribution < -0.4 is 15.4 Å². The Morgan fingerprint density at radius 2 is 1.89 bits per heavy atom. The van der Waals surface area contributed by atoms with Gasteiger partial charge in [0.25, 0.3) is 0 Å². The van der Waals surface area contributed by atoms with Gasteiger partial charge in [0.15, 0.2) is 0 Å². The minimum absolute atomic E-state index is 0.00977. The van der Waals surface area contributed by atoms with Crippen molar-refractivity contribution in [1.29, 1.82) is 0 Å². The molecule has 1 heterocycles. The van der Waals surface area contributed by atoms with Gasteiger partial charge in [-0.3, -0.25) is 0 Å². The van der Waals surface area contributed by atoms with Crippen LogP contribution in [0.5, 0.6) is 6.01 Å². The van der Waals surface area contributed by atoms with Gasteiger partial charge in [-0.05, 0) is 39.5 Å². The molecule has 1 aliphatic rings. The van der Waals surface area contributed by atoms with E-state index in [2.05, 4.69) is 39.4 Å². The summed E-state index contributed by atoms with van der Waals surface area (Å²) in [6.07, 6.45) is 2.53. The van der Waals surface area contributed by atoms with Gasteiger partial charge >= 0.3 is 6.01 Å². The summed E-state index contributed by atoms with van der Waals surface area (Å²) in [7, 11) is 1.78. The molecule has 0 atom stereocenters. The Morgan fingerprint density at radius 3 is 2.44 bits per heavy atom. The highest BCUT2D eigenvalue weighted by Crippen LogP contribution is 2.40. The van der Waals surface area contributed by atoms with Crippen LogP contribution in [0.15, 0.2) is 0 Å². The van der Waals surface area contributed by atoms with E-state index in [-0.39, 0.29) is 5.54 Å². The lowest BCUT2D eigenvalue weighted by Gasteiger charge is -2.26. The minimum atomic E-state index is 0.00977. The first kappa shape index (κ1) is 12.9. The predicted molar refractivity (Wildman–Crippen MR) is 71.0 cm³/mol. The number of hydrogen-bond acceptors (Lipinski definition) is 6. The van der Waals surface area contributed by atoms with Crippen molar-refractivity contribution < 1.29 is 4.74 Å². The molecular weight excluding hydrogens is 230 g/mol. The second-order valence-corrected chi connectivity index (χ2v) is 5.07. The van der Waals surface area contributed by atoms with Crippen LogP contribution in [0, 0.1) is 5.92 Å². The summed E-state index contributed by atoms with van der Waals surface area (Å²) in [6, 6.07) is 0.353. The van der Waals surface area contributed by atoms with Crippen LogP contribution in [0.4, 0.5) is 11.9 Å². The zero-order valence-corrected chi connectivity index (χ0v) is 11.4. The lowest BCUT2D eigenvalue weighted by atomic mass is 9.99. The maximum atomic E-state index is 5.34. The fraction of sp³-hybridized carbons (Fsp3) is 0.750. The number of rotatable bonds is 6. The third-order valence-electron chi connectivity index (χ3n) is 3.14. The van der Waals surface area contributed by atoms with Crippen molar-refractivity contribution in [3.05, 3.63) is 0 Å². The summed E-state index contributed by atoms with van der Waals surface area (Å²) in [5, 5.41) is 6.29. The number of nitrogens with zero attached hydrogens (tertiary/aromatic N) is 3. The molecular formula is C12H21N5O. The summed E-state index contributed by atoms with van der Waals surface area (Å²) in [6.45, 7) is 6.80. The van der Waals surface area contributed by atoms with Gasteiger partial charge in [-0.1, -0.05) is 0 Å². The second kappa shape index (κ2) is 4.96. The molecule has 0 radical (unpaired) electrons. The number of hydrogen-bond donors (Lipinski definition) is 2. The fourth-order valence-corrected chi connectivity index (χ4v) is 1.91. The average molecular weight is 251 g/mol. The normalized spacial score (nSPS) is 15.3. The van der Waals surface area contributed by atoms with Gasteiger partial charge in [0.2, 0.25) is 11.9 Å². The quantitative estimate of drug-likeness (QED) is 0.804. The number of nitrogens with one attached hydrogen (secondary N) is 2. The van der Waals surface area contributed by atoms with Crippen molar-refractivity contribution >= 4 is 11.9 Å². The third-order valence-corrected chi connectivity index (χ3v) is 3.14. The van der Waals surface area contributed by atoms with Crippen molar-refractivity contribution in [2.45, 2.75) is 39.2 Å². The summed E-state index contributed by atoms with van der Waals surface area (Å²) >= 11 is 0. The molecule has 18 heavy (non-hydrogen) atoms. The van der Waals surface area contributed by atoms with E-state index < -0.39 is 0 Å². The van der Waals surface area contributed by atoms with Gasteiger partial charge in [-0.25, -0.2) is 0 Å². The van der Waals surface area contributed by atoms with Crippen molar-refractivity contribution in [3.63, 3.8) is 0 Å². The number of aromatic nitrogens is 3. The summed E-state index contributed by atoms with van der Waals surface area (Å²) in [4.78, 5) is 12.7. The van der Waals surface area contributed by atoms with Crippen LogP contribution in [0.2, 0.25) is 0 Å². The molecule has 1 aromatic heterocycles. The highest BCUT2D eigenvalue weighted by Gasteiger charge is 2.38. The van der Waals surface area contributed by atoms with E-state index in [9.17, 15) is 0 Å². The molecule has 0 spiro atoms. The molecule has 0 aromatic carbocycles. The largest absolute Gasteiger partial charge is 0.464 e. The Bertz CT molecular complexity index is 417. The molecule has 0 unspecified atom stereocenters. The third kappa shape index (κ3) is 3.00. The van der Waals surface area contributed by atoms with E-state index in [0.29, 0.717) is 30.4 Å². The summed E-state index contributed by atoms with van der Waals surface area (Å²) in [5.74, 6) is 1.78. The molecule has 0 amide bonds. The zero-order chi connectivity index (χ0) is 13.2. The lowest BCUT2D eigenvalue weighted by molar-refractivity contribution is 0.312. The van der Waals surface area contributed by atoms with Crippen molar-refractivity contribution in [3.8, 4) is 6.01 Å². The molecule has 0 bridgehead atoms. The van der Waals surface area contributed by atoms with Crippen LogP contribution in [0.1, 0.15) is 33.6 Å². The topological polar surface area (TPSA) is 72.0 Å². The molecule has 1 saturated carbocycles. The van der Waals surface area contributed by atoms with E-state index in [1.165, 1.54) is 12.8 Å². The van der Waals surface area contributed by atoms with E-state index in [0.717, 1.165) is 0 Å². The summed E-state index contributed by atoms with van der Waals surface area (Å²) < 4.78 is 5.34. The Morgan fingerprint density at radius 1 is 1.22 bits per heavy atom. The van der Waals surface area contributed by atoms with E-state index in [1.54, 1.807) is 7.05 Å². The van der Waals surface area contributed by atoms with Gasteiger partial charge in [0.1, 0.15) is 0 Å². The Kier molecular flexibility index (Phi) is 3.54. The first-order valence-corrected chi connectivity index (χ1v) is 6.40.